The van der Waals surface area contributed by atoms with Gasteiger partial charge in [0.15, 0.2) is 5.69 Å². The first-order valence-electron chi connectivity index (χ1n) is 6.30. The van der Waals surface area contributed by atoms with E-state index in [1.807, 2.05) is 6.92 Å². The van der Waals surface area contributed by atoms with Crippen LogP contribution in [-0.4, -0.2) is 22.7 Å². The Balaban J connectivity index is 2.06. The molecule has 0 spiro atoms. The quantitative estimate of drug-likeness (QED) is 0.874. The molecule has 0 aliphatic carbocycles. The summed E-state index contributed by atoms with van der Waals surface area (Å²) in [5.41, 5.74) is -0.0506. The molecule has 5 heteroatoms. The normalized spacial score (nSPS) is 10.1. The molecule has 0 bridgehead atoms. The second-order valence-corrected chi connectivity index (χ2v) is 4.09. The summed E-state index contributed by atoms with van der Waals surface area (Å²) in [5.74, 6) is 0.501. The van der Waals surface area contributed by atoms with Gasteiger partial charge in [-0.15, -0.1) is 0 Å². The predicted octanol–water partition coefficient (Wildman–Crippen LogP) is 3.36. The summed E-state index contributed by atoms with van der Waals surface area (Å²) >= 11 is 0. The van der Waals surface area contributed by atoms with Crippen LogP contribution >= 0.6 is 0 Å². The third kappa shape index (κ3) is 3.71. The van der Waals surface area contributed by atoms with Crippen LogP contribution < -0.4 is 9.47 Å². The van der Waals surface area contributed by atoms with Gasteiger partial charge in [0, 0.05) is 6.07 Å². The lowest BCUT2D eigenvalue weighted by atomic mass is 10.3. The van der Waals surface area contributed by atoms with E-state index in [1.54, 1.807) is 36.4 Å². The first-order chi connectivity index (χ1) is 9.69. The van der Waals surface area contributed by atoms with Crippen molar-refractivity contribution in [3.8, 4) is 17.4 Å². The Morgan fingerprint density at radius 3 is 2.50 bits per heavy atom. The lowest BCUT2D eigenvalue weighted by molar-refractivity contribution is 0.0689. The Hall–Kier alpha value is -2.56. The summed E-state index contributed by atoms with van der Waals surface area (Å²) in [6, 6.07) is 11.7. The van der Waals surface area contributed by atoms with Crippen LogP contribution in [0.1, 0.15) is 23.8 Å². The van der Waals surface area contributed by atoms with Crippen LogP contribution in [0.25, 0.3) is 0 Å². The van der Waals surface area contributed by atoms with Crippen LogP contribution in [0.15, 0.2) is 42.5 Å². The third-order valence-corrected chi connectivity index (χ3v) is 2.46. The van der Waals surface area contributed by atoms with Gasteiger partial charge in [-0.25, -0.2) is 9.78 Å². The van der Waals surface area contributed by atoms with Gasteiger partial charge in [0.2, 0.25) is 5.88 Å². The number of aromatic carboxylic acids is 1. The number of pyridine rings is 1. The topological polar surface area (TPSA) is 68.7 Å². The van der Waals surface area contributed by atoms with Crippen LogP contribution in [0.5, 0.6) is 17.4 Å². The van der Waals surface area contributed by atoms with E-state index in [1.165, 1.54) is 6.07 Å². The minimum Gasteiger partial charge on any atom is -0.494 e. The standard InChI is InChI=1S/C15H15NO4/c1-2-10-19-11-6-8-12(9-7-11)20-14-5-3-4-13(16-14)15(17)18/h3-9H,2,10H2,1H3,(H,17,18). The smallest absolute Gasteiger partial charge is 0.354 e. The van der Waals surface area contributed by atoms with Crippen molar-refractivity contribution in [3.05, 3.63) is 48.2 Å². The highest BCUT2D eigenvalue weighted by atomic mass is 16.5. The van der Waals surface area contributed by atoms with E-state index in [9.17, 15) is 4.79 Å². The van der Waals surface area contributed by atoms with Gasteiger partial charge in [-0.3, -0.25) is 0 Å². The number of ether oxygens (including phenoxy) is 2. The molecule has 0 saturated carbocycles. The average Bonchev–Trinajstić information content (AvgIpc) is 2.47. The number of carboxylic acids is 1. The lowest BCUT2D eigenvalue weighted by Gasteiger charge is -2.07. The first kappa shape index (κ1) is 13.9. The van der Waals surface area contributed by atoms with Crippen molar-refractivity contribution in [1.82, 2.24) is 4.98 Å². The first-order valence-corrected chi connectivity index (χ1v) is 6.30. The lowest BCUT2D eigenvalue weighted by Crippen LogP contribution is -2.00. The summed E-state index contributed by atoms with van der Waals surface area (Å²) < 4.78 is 11.0. The number of carbonyl (C=O) groups is 1. The predicted molar refractivity (Wildman–Crippen MR) is 73.5 cm³/mol. The van der Waals surface area contributed by atoms with Gasteiger partial charge in [-0.2, -0.15) is 0 Å². The number of hydrogen-bond donors (Lipinski definition) is 1. The van der Waals surface area contributed by atoms with Gasteiger partial charge < -0.3 is 14.6 Å². The minimum atomic E-state index is -1.08. The van der Waals surface area contributed by atoms with Gasteiger partial charge in [0.25, 0.3) is 0 Å². The van der Waals surface area contributed by atoms with E-state index in [-0.39, 0.29) is 11.6 Å². The van der Waals surface area contributed by atoms with E-state index in [0.717, 1.165) is 12.2 Å². The van der Waals surface area contributed by atoms with Crippen molar-refractivity contribution < 1.29 is 19.4 Å². The molecular formula is C15H15NO4. The number of carboxylic acid groups (broad SMARTS) is 1. The molecule has 2 rings (SSSR count). The number of benzene rings is 1. The molecule has 1 aromatic carbocycles. The van der Waals surface area contributed by atoms with Crippen molar-refractivity contribution in [2.75, 3.05) is 6.61 Å². The summed E-state index contributed by atoms with van der Waals surface area (Å²) in [6.45, 7) is 2.71. The molecule has 20 heavy (non-hydrogen) atoms. The van der Waals surface area contributed by atoms with Gasteiger partial charge in [-0.05, 0) is 36.8 Å². The average molecular weight is 273 g/mol. The zero-order valence-corrected chi connectivity index (χ0v) is 11.1. The third-order valence-electron chi connectivity index (χ3n) is 2.46. The molecule has 0 saturated heterocycles. The fraction of sp³-hybridized carbons (Fsp3) is 0.200. The molecule has 0 atom stereocenters. The van der Waals surface area contributed by atoms with Crippen LogP contribution in [0.2, 0.25) is 0 Å². The summed E-state index contributed by atoms with van der Waals surface area (Å²) in [4.78, 5) is 14.7. The van der Waals surface area contributed by atoms with Crippen LogP contribution in [0.3, 0.4) is 0 Å². The molecule has 0 fully saturated rings. The van der Waals surface area contributed by atoms with Gasteiger partial charge in [0.1, 0.15) is 11.5 Å². The van der Waals surface area contributed by atoms with Crippen molar-refractivity contribution in [3.63, 3.8) is 0 Å². The van der Waals surface area contributed by atoms with Crippen molar-refractivity contribution in [2.24, 2.45) is 0 Å². The second kappa shape index (κ2) is 6.56. The molecule has 0 aliphatic rings. The molecule has 0 unspecified atom stereocenters. The van der Waals surface area contributed by atoms with Crippen molar-refractivity contribution in [2.45, 2.75) is 13.3 Å². The summed E-state index contributed by atoms with van der Waals surface area (Å²) in [5, 5.41) is 8.86. The largest absolute Gasteiger partial charge is 0.494 e. The maximum Gasteiger partial charge on any atom is 0.354 e. The number of aromatic nitrogens is 1. The van der Waals surface area contributed by atoms with Crippen molar-refractivity contribution >= 4 is 5.97 Å². The minimum absolute atomic E-state index is 0.0506. The maximum absolute atomic E-state index is 10.8. The van der Waals surface area contributed by atoms with E-state index < -0.39 is 5.97 Å². The highest BCUT2D eigenvalue weighted by Crippen LogP contribution is 2.22. The number of hydrogen-bond acceptors (Lipinski definition) is 4. The van der Waals surface area contributed by atoms with E-state index >= 15 is 0 Å². The Morgan fingerprint density at radius 2 is 1.85 bits per heavy atom. The molecule has 0 amide bonds. The van der Waals surface area contributed by atoms with Crippen LogP contribution in [-0.2, 0) is 0 Å². The Labute approximate surface area is 116 Å². The molecule has 1 N–H and O–H groups in total. The summed E-state index contributed by atoms with van der Waals surface area (Å²) in [6.07, 6.45) is 0.949. The van der Waals surface area contributed by atoms with E-state index in [4.69, 9.17) is 14.6 Å². The van der Waals surface area contributed by atoms with Gasteiger partial charge >= 0.3 is 5.97 Å². The van der Waals surface area contributed by atoms with Gasteiger partial charge in [-0.1, -0.05) is 13.0 Å². The Bertz CT molecular complexity index is 581. The molecule has 2 aromatic rings. The second-order valence-electron chi connectivity index (χ2n) is 4.09. The van der Waals surface area contributed by atoms with Crippen LogP contribution in [0, 0.1) is 0 Å². The fourth-order valence-corrected chi connectivity index (χ4v) is 1.54. The monoisotopic (exact) mass is 273 g/mol. The molecular weight excluding hydrogens is 258 g/mol. The molecule has 0 radical (unpaired) electrons. The zero-order valence-electron chi connectivity index (χ0n) is 11.1. The van der Waals surface area contributed by atoms with E-state index in [2.05, 4.69) is 4.98 Å². The molecule has 0 aliphatic heterocycles. The highest BCUT2D eigenvalue weighted by Gasteiger charge is 2.06. The maximum atomic E-state index is 10.8. The van der Waals surface area contributed by atoms with Crippen LogP contribution in [0.4, 0.5) is 0 Å². The molecule has 5 nitrogen and oxygen atoms in total. The SMILES string of the molecule is CCCOc1ccc(Oc2cccc(C(=O)O)n2)cc1. The number of rotatable bonds is 6. The molecule has 1 aromatic heterocycles. The fourth-order valence-electron chi connectivity index (χ4n) is 1.54. The van der Waals surface area contributed by atoms with Gasteiger partial charge in [0.05, 0.1) is 6.61 Å². The summed E-state index contributed by atoms with van der Waals surface area (Å²) in [7, 11) is 0. The molecule has 104 valence electrons. The van der Waals surface area contributed by atoms with Crippen molar-refractivity contribution in [1.29, 1.82) is 0 Å². The molecule has 1 heterocycles. The number of nitrogens with zero attached hydrogens (tertiary/aromatic N) is 1. The highest BCUT2D eigenvalue weighted by molar-refractivity contribution is 5.85. The zero-order chi connectivity index (χ0) is 14.4. The Morgan fingerprint density at radius 1 is 1.15 bits per heavy atom. The van der Waals surface area contributed by atoms with E-state index in [0.29, 0.717) is 12.4 Å². The Kier molecular flexibility index (Phi) is 4.55.